The van der Waals surface area contributed by atoms with Crippen molar-refractivity contribution < 1.29 is 22.8 Å². The lowest BCUT2D eigenvalue weighted by Gasteiger charge is -2.41. The van der Waals surface area contributed by atoms with Gasteiger partial charge in [-0.3, -0.25) is 14.4 Å². The zero-order valence-electron chi connectivity index (χ0n) is 19.7. The molecule has 0 bridgehead atoms. The highest BCUT2D eigenvalue weighted by Gasteiger charge is 2.42. The first-order valence-electron chi connectivity index (χ1n) is 11.6. The summed E-state index contributed by atoms with van der Waals surface area (Å²) < 4.78 is 23.4. The Hall–Kier alpha value is -3.00. The number of ketones is 1. The highest BCUT2D eigenvalue weighted by atomic mass is 32.2. The van der Waals surface area contributed by atoms with Crippen molar-refractivity contribution in [2.75, 3.05) is 25.9 Å². The first kappa shape index (κ1) is 25.6. The molecule has 2 amide bonds. The third-order valence-corrected chi connectivity index (χ3v) is 7.22. The highest BCUT2D eigenvalue weighted by molar-refractivity contribution is 7.89. The van der Waals surface area contributed by atoms with Crippen LogP contribution in [0.5, 0.6) is 0 Å². The van der Waals surface area contributed by atoms with Crippen LogP contribution in [0.15, 0.2) is 54.6 Å². The third-order valence-electron chi connectivity index (χ3n) is 6.39. The summed E-state index contributed by atoms with van der Waals surface area (Å²) >= 11 is 0. The number of nitrogens with one attached hydrogen (secondary N) is 1. The van der Waals surface area contributed by atoms with Gasteiger partial charge in [0, 0.05) is 31.3 Å². The third kappa shape index (κ3) is 6.11. The number of hydrogen-bond acceptors (Lipinski definition) is 5. The number of Topliss-reactive ketones (excluding diaryl/α,β-unsaturated/α-hetero) is 1. The predicted octanol–water partition coefficient (Wildman–Crippen LogP) is 2.89. The number of hydrogen-bond donors (Lipinski definition) is 1. The van der Waals surface area contributed by atoms with Gasteiger partial charge in [-0.05, 0) is 36.5 Å². The normalized spacial score (nSPS) is 15.5. The Morgan fingerprint density at radius 3 is 2.21 bits per heavy atom. The SMILES string of the molecule is CCCC(=O)C1(c2ccccc2)CCN(C(=O)CNC(=O)c2ccccc2CS(C)(=O)=O)CC1. The summed E-state index contributed by atoms with van der Waals surface area (Å²) in [6, 6.07) is 16.2. The number of nitrogens with zero attached hydrogens (tertiary/aromatic N) is 1. The average Bonchev–Trinajstić information content (AvgIpc) is 2.82. The lowest BCUT2D eigenvalue weighted by Crippen LogP contribution is -2.51. The van der Waals surface area contributed by atoms with Crippen molar-refractivity contribution in [3.8, 4) is 0 Å². The van der Waals surface area contributed by atoms with Gasteiger partial charge in [0.1, 0.15) is 5.78 Å². The fourth-order valence-electron chi connectivity index (χ4n) is 4.60. The molecule has 2 aromatic carbocycles. The molecule has 0 aromatic heterocycles. The number of sulfone groups is 1. The fraction of sp³-hybridized carbons (Fsp3) is 0.423. The molecule has 0 unspecified atom stereocenters. The molecule has 8 heteroatoms. The van der Waals surface area contributed by atoms with E-state index in [-0.39, 0.29) is 29.6 Å². The molecule has 1 aliphatic rings. The van der Waals surface area contributed by atoms with Crippen LogP contribution < -0.4 is 5.32 Å². The maximum Gasteiger partial charge on any atom is 0.252 e. The van der Waals surface area contributed by atoms with E-state index in [1.807, 2.05) is 37.3 Å². The number of carbonyl (C=O) groups is 3. The van der Waals surface area contributed by atoms with Crippen LogP contribution >= 0.6 is 0 Å². The first-order chi connectivity index (χ1) is 16.2. The van der Waals surface area contributed by atoms with E-state index in [9.17, 15) is 22.8 Å². The molecule has 0 spiro atoms. The number of carbonyl (C=O) groups excluding carboxylic acids is 3. The second-order valence-electron chi connectivity index (χ2n) is 8.91. The van der Waals surface area contributed by atoms with Gasteiger partial charge in [-0.15, -0.1) is 0 Å². The Balaban J connectivity index is 1.64. The van der Waals surface area contributed by atoms with Crippen LogP contribution in [-0.2, 0) is 30.6 Å². The van der Waals surface area contributed by atoms with Crippen molar-refractivity contribution in [3.63, 3.8) is 0 Å². The standard InChI is InChI=1S/C26H32N2O5S/c1-3-9-23(29)26(21-11-5-4-6-12-21)14-16-28(17-15-26)24(30)18-27-25(31)22-13-8-7-10-20(22)19-34(2,32)33/h4-8,10-13H,3,9,14-19H2,1-2H3,(H,27,31). The fourth-order valence-corrected chi connectivity index (χ4v) is 5.42. The zero-order chi connectivity index (χ0) is 24.8. The number of likely N-dealkylation sites (tertiary alicyclic amines) is 1. The van der Waals surface area contributed by atoms with Gasteiger partial charge in [0.05, 0.1) is 17.7 Å². The Kier molecular flexibility index (Phi) is 8.25. The van der Waals surface area contributed by atoms with Gasteiger partial charge in [-0.2, -0.15) is 0 Å². The molecule has 1 N–H and O–H groups in total. The van der Waals surface area contributed by atoms with Crippen molar-refractivity contribution in [1.82, 2.24) is 10.2 Å². The minimum atomic E-state index is -3.31. The van der Waals surface area contributed by atoms with Gasteiger partial charge in [0.25, 0.3) is 5.91 Å². The van der Waals surface area contributed by atoms with E-state index in [0.717, 1.165) is 18.2 Å². The Labute approximate surface area is 201 Å². The summed E-state index contributed by atoms with van der Waals surface area (Å²) in [5.74, 6) is -0.742. The van der Waals surface area contributed by atoms with E-state index in [2.05, 4.69) is 5.32 Å². The van der Waals surface area contributed by atoms with Crippen LogP contribution in [-0.4, -0.2) is 56.8 Å². The van der Waals surface area contributed by atoms with E-state index in [1.165, 1.54) is 0 Å². The molecule has 1 heterocycles. The Bertz CT molecular complexity index is 1140. The monoisotopic (exact) mass is 484 g/mol. The van der Waals surface area contributed by atoms with Crippen LogP contribution in [0, 0.1) is 0 Å². The molecular formula is C26H32N2O5S. The van der Waals surface area contributed by atoms with Crippen LogP contribution in [0.4, 0.5) is 0 Å². The summed E-state index contributed by atoms with van der Waals surface area (Å²) in [5.41, 5.74) is 1.06. The largest absolute Gasteiger partial charge is 0.343 e. The van der Waals surface area contributed by atoms with Crippen LogP contribution in [0.25, 0.3) is 0 Å². The van der Waals surface area contributed by atoms with E-state index in [0.29, 0.717) is 37.9 Å². The molecule has 0 saturated carbocycles. The van der Waals surface area contributed by atoms with E-state index in [1.54, 1.807) is 29.2 Å². The van der Waals surface area contributed by atoms with Crippen molar-refractivity contribution in [1.29, 1.82) is 0 Å². The molecule has 2 aromatic rings. The molecule has 34 heavy (non-hydrogen) atoms. The molecule has 3 rings (SSSR count). The zero-order valence-corrected chi connectivity index (χ0v) is 20.6. The molecular weight excluding hydrogens is 452 g/mol. The highest BCUT2D eigenvalue weighted by Crippen LogP contribution is 2.37. The summed E-state index contributed by atoms with van der Waals surface area (Å²) in [6.07, 6.45) is 3.50. The number of amides is 2. The smallest absolute Gasteiger partial charge is 0.252 e. The lowest BCUT2D eigenvalue weighted by atomic mass is 9.68. The Morgan fingerprint density at radius 1 is 0.971 bits per heavy atom. The van der Waals surface area contributed by atoms with Crippen LogP contribution in [0.2, 0.25) is 0 Å². The van der Waals surface area contributed by atoms with Gasteiger partial charge >= 0.3 is 0 Å². The van der Waals surface area contributed by atoms with Crippen molar-refractivity contribution in [2.24, 2.45) is 0 Å². The van der Waals surface area contributed by atoms with E-state index >= 15 is 0 Å². The maximum absolute atomic E-state index is 13.1. The molecule has 0 radical (unpaired) electrons. The van der Waals surface area contributed by atoms with E-state index in [4.69, 9.17) is 0 Å². The lowest BCUT2D eigenvalue weighted by molar-refractivity contribution is -0.135. The van der Waals surface area contributed by atoms with Crippen LogP contribution in [0.1, 0.15) is 54.1 Å². The quantitative estimate of drug-likeness (QED) is 0.590. The Morgan fingerprint density at radius 2 is 1.59 bits per heavy atom. The number of rotatable bonds is 9. The van der Waals surface area contributed by atoms with E-state index < -0.39 is 21.2 Å². The van der Waals surface area contributed by atoms with Gasteiger partial charge in [-0.25, -0.2) is 8.42 Å². The van der Waals surface area contributed by atoms with Crippen molar-refractivity contribution in [3.05, 3.63) is 71.3 Å². The summed E-state index contributed by atoms with van der Waals surface area (Å²) in [5, 5.41) is 2.63. The summed E-state index contributed by atoms with van der Waals surface area (Å²) in [7, 11) is -3.31. The molecule has 1 aliphatic heterocycles. The number of benzene rings is 2. The van der Waals surface area contributed by atoms with Gasteiger partial charge < -0.3 is 10.2 Å². The second-order valence-corrected chi connectivity index (χ2v) is 11.1. The predicted molar refractivity (Wildman–Crippen MR) is 131 cm³/mol. The molecule has 1 saturated heterocycles. The molecule has 0 atom stereocenters. The van der Waals surface area contributed by atoms with Crippen molar-refractivity contribution >= 4 is 27.4 Å². The van der Waals surface area contributed by atoms with Gasteiger partial charge in [0.2, 0.25) is 5.91 Å². The second kappa shape index (κ2) is 11.0. The first-order valence-corrected chi connectivity index (χ1v) is 13.6. The minimum absolute atomic E-state index is 0.187. The molecule has 1 fully saturated rings. The molecule has 182 valence electrons. The summed E-state index contributed by atoms with van der Waals surface area (Å²) in [4.78, 5) is 40.3. The molecule has 0 aliphatic carbocycles. The summed E-state index contributed by atoms with van der Waals surface area (Å²) in [6.45, 7) is 2.67. The van der Waals surface area contributed by atoms with Gasteiger partial charge in [0.15, 0.2) is 9.84 Å². The number of piperidine rings is 1. The van der Waals surface area contributed by atoms with Gasteiger partial charge in [-0.1, -0.05) is 55.5 Å². The minimum Gasteiger partial charge on any atom is -0.343 e. The topological polar surface area (TPSA) is 101 Å². The van der Waals surface area contributed by atoms with Crippen molar-refractivity contribution in [2.45, 2.75) is 43.8 Å². The average molecular weight is 485 g/mol. The molecule has 7 nitrogen and oxygen atoms in total. The van der Waals surface area contributed by atoms with Crippen LogP contribution in [0.3, 0.4) is 0 Å². The maximum atomic E-state index is 13.1.